The van der Waals surface area contributed by atoms with Crippen molar-refractivity contribution >= 4 is 17.2 Å². The van der Waals surface area contributed by atoms with Crippen LogP contribution in [0.2, 0.25) is 0 Å². The smallest absolute Gasteiger partial charge is 0.224 e. The number of aromatic nitrogens is 1. The topological polar surface area (TPSA) is 54.5 Å². The molecule has 1 aliphatic heterocycles. The molecule has 1 N–H and O–H groups in total. The number of nitrogens with one attached hydrogen (secondary N) is 1. The number of carbonyl (C=O) groups excluding carboxylic acids is 1. The van der Waals surface area contributed by atoms with Crippen molar-refractivity contribution in [2.45, 2.75) is 26.3 Å². The number of hydrogen-bond acceptors (Lipinski definition) is 5. The third-order valence-electron chi connectivity index (χ3n) is 3.08. The summed E-state index contributed by atoms with van der Waals surface area (Å²) >= 11 is 1.73. The average Bonchev–Trinajstić information content (AvgIpc) is 2.92. The zero-order valence-electron chi connectivity index (χ0n) is 11.4. The minimum Gasteiger partial charge on any atom is -0.378 e. The Bertz CT molecular complexity index is 402. The Morgan fingerprint density at radius 2 is 2.32 bits per heavy atom. The molecule has 0 unspecified atom stereocenters. The SMILES string of the molecule is CCc1ncc(CNCCC(=O)N2CCOCC2)s1. The Morgan fingerprint density at radius 1 is 1.53 bits per heavy atom. The van der Waals surface area contributed by atoms with Crippen LogP contribution >= 0.6 is 11.3 Å². The van der Waals surface area contributed by atoms with E-state index in [0.29, 0.717) is 19.6 Å². The van der Waals surface area contributed by atoms with Crippen LogP contribution in [0.5, 0.6) is 0 Å². The molecule has 1 aromatic heterocycles. The van der Waals surface area contributed by atoms with Gasteiger partial charge in [0.15, 0.2) is 0 Å². The van der Waals surface area contributed by atoms with Crippen molar-refractivity contribution in [2.75, 3.05) is 32.8 Å². The fourth-order valence-electron chi connectivity index (χ4n) is 1.97. The average molecular weight is 283 g/mol. The van der Waals surface area contributed by atoms with Gasteiger partial charge in [-0.3, -0.25) is 4.79 Å². The second-order valence-electron chi connectivity index (χ2n) is 4.49. The van der Waals surface area contributed by atoms with Gasteiger partial charge in [0.2, 0.25) is 5.91 Å². The highest BCUT2D eigenvalue weighted by Crippen LogP contribution is 2.12. The molecule has 5 nitrogen and oxygen atoms in total. The molecule has 1 aromatic rings. The molecule has 6 heteroatoms. The van der Waals surface area contributed by atoms with Crippen LogP contribution in [0.3, 0.4) is 0 Å². The number of amides is 1. The van der Waals surface area contributed by atoms with Crippen LogP contribution in [0.1, 0.15) is 23.2 Å². The van der Waals surface area contributed by atoms with Crippen molar-refractivity contribution < 1.29 is 9.53 Å². The number of aryl methyl sites for hydroxylation is 1. The van der Waals surface area contributed by atoms with Gasteiger partial charge in [-0.05, 0) is 6.42 Å². The highest BCUT2D eigenvalue weighted by Gasteiger charge is 2.15. The van der Waals surface area contributed by atoms with Crippen molar-refractivity contribution in [1.29, 1.82) is 0 Å². The maximum absolute atomic E-state index is 11.9. The standard InChI is InChI=1S/C13H21N3O2S/c1-2-12-15-10-11(19-12)9-14-4-3-13(17)16-5-7-18-8-6-16/h10,14H,2-9H2,1H3. The Morgan fingerprint density at radius 3 is 3.00 bits per heavy atom. The molecule has 0 saturated carbocycles. The Balaban J connectivity index is 1.62. The van der Waals surface area contributed by atoms with Gasteiger partial charge in [-0.15, -0.1) is 11.3 Å². The predicted octanol–water partition coefficient (Wildman–Crippen LogP) is 1.04. The molecular weight excluding hydrogens is 262 g/mol. The van der Waals surface area contributed by atoms with Crippen LogP contribution in [-0.4, -0.2) is 48.6 Å². The molecule has 2 rings (SSSR count). The van der Waals surface area contributed by atoms with Gasteiger partial charge in [0, 0.05) is 43.7 Å². The first kappa shape index (κ1) is 14.4. The third kappa shape index (κ3) is 4.56. The Labute approximate surface area is 118 Å². The van der Waals surface area contributed by atoms with Gasteiger partial charge < -0.3 is 15.0 Å². The summed E-state index contributed by atoms with van der Waals surface area (Å²) < 4.78 is 5.23. The zero-order chi connectivity index (χ0) is 13.5. The van der Waals surface area contributed by atoms with Crippen LogP contribution in [0, 0.1) is 0 Å². The molecule has 0 spiro atoms. The Hall–Kier alpha value is -0.980. The lowest BCUT2D eigenvalue weighted by atomic mass is 10.3. The molecule has 1 amide bonds. The zero-order valence-corrected chi connectivity index (χ0v) is 12.2. The molecule has 0 aliphatic carbocycles. The third-order valence-corrected chi connectivity index (χ3v) is 4.22. The van der Waals surface area contributed by atoms with E-state index in [4.69, 9.17) is 4.74 Å². The molecular formula is C13H21N3O2S. The van der Waals surface area contributed by atoms with Gasteiger partial charge in [0.1, 0.15) is 0 Å². The molecule has 1 saturated heterocycles. The molecule has 106 valence electrons. The van der Waals surface area contributed by atoms with Crippen LogP contribution in [0.4, 0.5) is 0 Å². The van der Waals surface area contributed by atoms with E-state index >= 15 is 0 Å². The summed E-state index contributed by atoms with van der Waals surface area (Å²) in [6.45, 7) is 6.42. The first-order chi connectivity index (χ1) is 9.29. The normalized spacial score (nSPS) is 15.7. The largest absolute Gasteiger partial charge is 0.378 e. The van der Waals surface area contributed by atoms with E-state index < -0.39 is 0 Å². The maximum Gasteiger partial charge on any atom is 0.224 e. The number of thiazole rings is 1. The lowest BCUT2D eigenvalue weighted by molar-refractivity contribution is -0.135. The van der Waals surface area contributed by atoms with Crippen molar-refractivity contribution in [2.24, 2.45) is 0 Å². The highest BCUT2D eigenvalue weighted by molar-refractivity contribution is 7.11. The van der Waals surface area contributed by atoms with Gasteiger partial charge in [0.05, 0.1) is 18.2 Å². The molecule has 0 bridgehead atoms. The molecule has 1 fully saturated rings. The van der Waals surface area contributed by atoms with Crippen LogP contribution < -0.4 is 5.32 Å². The predicted molar refractivity (Wildman–Crippen MR) is 75.2 cm³/mol. The van der Waals surface area contributed by atoms with E-state index in [1.54, 1.807) is 11.3 Å². The molecule has 0 aromatic carbocycles. The number of carbonyl (C=O) groups is 1. The minimum atomic E-state index is 0.217. The summed E-state index contributed by atoms with van der Waals surface area (Å²) in [4.78, 5) is 19.3. The van der Waals surface area contributed by atoms with E-state index in [1.807, 2.05) is 11.1 Å². The molecule has 0 atom stereocenters. The number of rotatable bonds is 6. The second-order valence-corrected chi connectivity index (χ2v) is 5.69. The van der Waals surface area contributed by atoms with E-state index in [0.717, 1.165) is 32.6 Å². The summed E-state index contributed by atoms with van der Waals surface area (Å²) in [6.07, 6.45) is 3.46. The van der Waals surface area contributed by atoms with Crippen molar-refractivity contribution in [3.8, 4) is 0 Å². The van der Waals surface area contributed by atoms with E-state index in [9.17, 15) is 4.79 Å². The van der Waals surface area contributed by atoms with E-state index in [2.05, 4.69) is 17.2 Å². The van der Waals surface area contributed by atoms with Gasteiger partial charge in [0.25, 0.3) is 0 Å². The molecule has 0 radical (unpaired) electrons. The number of nitrogens with zero attached hydrogens (tertiary/aromatic N) is 2. The fraction of sp³-hybridized carbons (Fsp3) is 0.692. The number of morpholine rings is 1. The second kappa shape index (κ2) is 7.57. The number of hydrogen-bond donors (Lipinski definition) is 1. The monoisotopic (exact) mass is 283 g/mol. The quantitative estimate of drug-likeness (QED) is 0.793. The summed E-state index contributed by atoms with van der Waals surface area (Å²) in [6, 6.07) is 0. The van der Waals surface area contributed by atoms with E-state index in [1.165, 1.54) is 9.88 Å². The maximum atomic E-state index is 11.9. The summed E-state index contributed by atoms with van der Waals surface area (Å²) in [5.74, 6) is 0.217. The Kier molecular flexibility index (Phi) is 5.75. The fourth-order valence-corrected chi connectivity index (χ4v) is 2.80. The molecule has 2 heterocycles. The van der Waals surface area contributed by atoms with Crippen LogP contribution in [0.25, 0.3) is 0 Å². The van der Waals surface area contributed by atoms with Crippen LogP contribution in [0.15, 0.2) is 6.20 Å². The van der Waals surface area contributed by atoms with Gasteiger partial charge >= 0.3 is 0 Å². The van der Waals surface area contributed by atoms with Crippen molar-refractivity contribution in [3.63, 3.8) is 0 Å². The highest BCUT2D eigenvalue weighted by atomic mass is 32.1. The van der Waals surface area contributed by atoms with Gasteiger partial charge in [-0.2, -0.15) is 0 Å². The minimum absolute atomic E-state index is 0.217. The van der Waals surface area contributed by atoms with E-state index in [-0.39, 0.29) is 5.91 Å². The van der Waals surface area contributed by atoms with Gasteiger partial charge in [-0.25, -0.2) is 4.98 Å². The van der Waals surface area contributed by atoms with Gasteiger partial charge in [-0.1, -0.05) is 6.92 Å². The summed E-state index contributed by atoms with van der Waals surface area (Å²) in [7, 11) is 0. The lowest BCUT2D eigenvalue weighted by Gasteiger charge is -2.26. The summed E-state index contributed by atoms with van der Waals surface area (Å²) in [5.41, 5.74) is 0. The number of ether oxygens (including phenoxy) is 1. The first-order valence-corrected chi connectivity index (χ1v) is 7.61. The lowest BCUT2D eigenvalue weighted by Crippen LogP contribution is -2.41. The van der Waals surface area contributed by atoms with Crippen molar-refractivity contribution in [3.05, 3.63) is 16.1 Å². The molecule has 19 heavy (non-hydrogen) atoms. The van der Waals surface area contributed by atoms with Crippen LogP contribution in [-0.2, 0) is 22.5 Å². The first-order valence-electron chi connectivity index (χ1n) is 6.79. The van der Waals surface area contributed by atoms with Crippen molar-refractivity contribution in [1.82, 2.24) is 15.2 Å². The molecule has 1 aliphatic rings. The summed E-state index contributed by atoms with van der Waals surface area (Å²) in [5, 5.41) is 4.47.